The van der Waals surface area contributed by atoms with E-state index in [9.17, 15) is 4.39 Å². The molecule has 1 heterocycles. The summed E-state index contributed by atoms with van der Waals surface area (Å²) >= 11 is 1.57. The smallest absolute Gasteiger partial charge is 0.167 e. The van der Waals surface area contributed by atoms with Crippen LogP contribution in [0.5, 0.6) is 5.75 Å². The molecule has 2 aromatic rings. The number of methoxy groups -OCH3 is 1. The highest BCUT2D eigenvalue weighted by Gasteiger charge is 2.08. The third kappa shape index (κ3) is 2.70. The van der Waals surface area contributed by atoms with Crippen molar-refractivity contribution >= 4 is 22.7 Å². The van der Waals surface area contributed by atoms with Crippen molar-refractivity contribution in [3.8, 4) is 5.75 Å². The number of nitrogens with two attached hydrogens (primary N) is 1. The number of ether oxygens (including phenoxy) is 1. The zero-order chi connectivity index (χ0) is 13.1. The van der Waals surface area contributed by atoms with Crippen LogP contribution in [0.1, 0.15) is 10.7 Å². The summed E-state index contributed by atoms with van der Waals surface area (Å²) in [5.41, 5.74) is 7.72. The van der Waals surface area contributed by atoms with E-state index in [0.29, 0.717) is 17.9 Å². The van der Waals surface area contributed by atoms with Crippen LogP contribution >= 0.6 is 11.3 Å². The molecule has 0 saturated heterocycles. The Labute approximate surface area is 109 Å². The number of hydrogen-bond acceptors (Lipinski definition) is 5. The second-order valence-electron chi connectivity index (χ2n) is 3.81. The van der Waals surface area contributed by atoms with Crippen molar-refractivity contribution in [2.24, 2.45) is 0 Å². The second kappa shape index (κ2) is 5.22. The average Bonchev–Trinajstić information content (AvgIpc) is 2.74. The normalized spacial score (nSPS) is 10.4. The summed E-state index contributed by atoms with van der Waals surface area (Å²) in [5.74, 6) is -0.298. The summed E-state index contributed by atoms with van der Waals surface area (Å²) in [6.07, 6.45) is 0. The van der Waals surface area contributed by atoms with Crippen molar-refractivity contribution in [3.63, 3.8) is 0 Å². The van der Waals surface area contributed by atoms with E-state index in [-0.39, 0.29) is 5.75 Å². The van der Waals surface area contributed by atoms with E-state index in [4.69, 9.17) is 10.5 Å². The van der Waals surface area contributed by atoms with E-state index in [1.165, 1.54) is 13.2 Å². The van der Waals surface area contributed by atoms with Crippen molar-refractivity contribution < 1.29 is 9.13 Å². The number of benzene rings is 1. The standard InChI is InChI=1S/C12H14FN3OS/c1-7-6-18-12(16-7)5-15-10-4-11(17-2)8(13)3-9(10)14/h3-4,6,15H,5,14H2,1-2H3. The molecule has 0 saturated carbocycles. The highest BCUT2D eigenvalue weighted by Crippen LogP contribution is 2.28. The Morgan fingerprint density at radius 3 is 2.89 bits per heavy atom. The van der Waals surface area contributed by atoms with Crippen molar-refractivity contribution in [1.82, 2.24) is 4.98 Å². The summed E-state index contributed by atoms with van der Waals surface area (Å²) in [7, 11) is 1.42. The van der Waals surface area contributed by atoms with Gasteiger partial charge < -0.3 is 15.8 Å². The minimum atomic E-state index is -0.467. The molecule has 1 aromatic carbocycles. The van der Waals surface area contributed by atoms with Gasteiger partial charge in [0, 0.05) is 23.2 Å². The van der Waals surface area contributed by atoms with Crippen LogP contribution in [0.25, 0.3) is 0 Å². The Morgan fingerprint density at radius 1 is 1.50 bits per heavy atom. The molecule has 0 unspecified atom stereocenters. The lowest BCUT2D eigenvalue weighted by Gasteiger charge is -2.10. The summed E-state index contributed by atoms with van der Waals surface area (Å²) in [6.45, 7) is 2.49. The van der Waals surface area contributed by atoms with Crippen LogP contribution in [0, 0.1) is 12.7 Å². The minimum Gasteiger partial charge on any atom is -0.494 e. The van der Waals surface area contributed by atoms with Crippen molar-refractivity contribution in [2.45, 2.75) is 13.5 Å². The van der Waals surface area contributed by atoms with Crippen molar-refractivity contribution in [2.75, 3.05) is 18.2 Å². The number of nitrogen functional groups attached to an aromatic ring is 1. The van der Waals surface area contributed by atoms with Gasteiger partial charge in [0.1, 0.15) is 5.01 Å². The first-order chi connectivity index (χ1) is 8.60. The highest BCUT2D eigenvalue weighted by atomic mass is 32.1. The van der Waals surface area contributed by atoms with Gasteiger partial charge in [0.15, 0.2) is 11.6 Å². The van der Waals surface area contributed by atoms with Gasteiger partial charge in [0.05, 0.1) is 25.0 Å². The van der Waals surface area contributed by atoms with Crippen LogP contribution in [-0.4, -0.2) is 12.1 Å². The first-order valence-corrected chi connectivity index (χ1v) is 6.26. The molecule has 1 aromatic heterocycles. The molecule has 0 fully saturated rings. The lowest BCUT2D eigenvalue weighted by Crippen LogP contribution is -2.03. The molecular weight excluding hydrogens is 253 g/mol. The van der Waals surface area contributed by atoms with Gasteiger partial charge in [-0.2, -0.15) is 0 Å². The molecule has 0 aliphatic heterocycles. The van der Waals surface area contributed by atoms with Crippen LogP contribution < -0.4 is 15.8 Å². The molecule has 0 radical (unpaired) electrons. The Bertz CT molecular complexity index is 556. The molecular formula is C12H14FN3OS. The van der Waals surface area contributed by atoms with Crippen LogP contribution in [0.3, 0.4) is 0 Å². The summed E-state index contributed by atoms with van der Waals surface area (Å²) in [5, 5.41) is 6.05. The zero-order valence-corrected chi connectivity index (χ0v) is 11.0. The molecule has 2 rings (SSSR count). The monoisotopic (exact) mass is 267 g/mol. The molecule has 0 aliphatic carbocycles. The summed E-state index contributed by atoms with van der Waals surface area (Å²) in [4.78, 5) is 4.33. The van der Waals surface area contributed by atoms with E-state index in [1.54, 1.807) is 17.4 Å². The Hall–Kier alpha value is -1.82. The maximum Gasteiger partial charge on any atom is 0.167 e. The molecule has 0 spiro atoms. The van der Waals surface area contributed by atoms with Gasteiger partial charge in [-0.3, -0.25) is 0 Å². The Morgan fingerprint density at radius 2 is 2.28 bits per heavy atom. The van der Waals surface area contributed by atoms with E-state index < -0.39 is 5.82 Å². The fourth-order valence-corrected chi connectivity index (χ4v) is 2.24. The van der Waals surface area contributed by atoms with Gasteiger partial charge in [-0.25, -0.2) is 9.37 Å². The van der Waals surface area contributed by atoms with Crippen LogP contribution in [0.4, 0.5) is 15.8 Å². The second-order valence-corrected chi connectivity index (χ2v) is 4.75. The van der Waals surface area contributed by atoms with E-state index in [1.807, 2.05) is 12.3 Å². The topological polar surface area (TPSA) is 60.2 Å². The maximum absolute atomic E-state index is 13.4. The fraction of sp³-hybridized carbons (Fsp3) is 0.250. The molecule has 4 nitrogen and oxygen atoms in total. The van der Waals surface area contributed by atoms with Crippen LogP contribution in [0.2, 0.25) is 0 Å². The molecule has 3 N–H and O–H groups in total. The van der Waals surface area contributed by atoms with Gasteiger partial charge >= 0.3 is 0 Å². The van der Waals surface area contributed by atoms with Gasteiger partial charge in [0.25, 0.3) is 0 Å². The third-order valence-electron chi connectivity index (χ3n) is 2.42. The Balaban J connectivity index is 2.13. The number of nitrogens with zero attached hydrogens (tertiary/aromatic N) is 1. The minimum absolute atomic E-state index is 0.169. The number of anilines is 2. The third-order valence-corrected chi connectivity index (χ3v) is 3.39. The molecule has 0 atom stereocenters. The fourth-order valence-electron chi connectivity index (χ4n) is 1.53. The van der Waals surface area contributed by atoms with Gasteiger partial charge in [0.2, 0.25) is 0 Å². The average molecular weight is 267 g/mol. The number of aromatic nitrogens is 1. The molecule has 96 valence electrons. The van der Waals surface area contributed by atoms with Crippen molar-refractivity contribution in [1.29, 1.82) is 0 Å². The number of rotatable bonds is 4. The number of hydrogen-bond donors (Lipinski definition) is 2. The summed E-state index contributed by atoms with van der Waals surface area (Å²) < 4.78 is 18.3. The predicted octanol–water partition coefficient (Wildman–Crippen LogP) is 2.79. The SMILES string of the molecule is COc1cc(NCc2nc(C)cs2)c(N)cc1F. The Kier molecular flexibility index (Phi) is 3.66. The molecule has 0 bridgehead atoms. The zero-order valence-electron chi connectivity index (χ0n) is 10.2. The highest BCUT2D eigenvalue weighted by molar-refractivity contribution is 7.09. The first-order valence-electron chi connectivity index (χ1n) is 5.38. The van der Waals surface area contributed by atoms with Gasteiger partial charge in [-0.1, -0.05) is 0 Å². The molecule has 6 heteroatoms. The largest absolute Gasteiger partial charge is 0.494 e. The molecule has 0 amide bonds. The molecule has 0 aliphatic rings. The van der Waals surface area contributed by atoms with Gasteiger partial charge in [-0.05, 0) is 6.92 Å². The lowest BCUT2D eigenvalue weighted by atomic mass is 10.2. The number of halogens is 1. The van der Waals surface area contributed by atoms with Crippen LogP contribution in [0.15, 0.2) is 17.5 Å². The number of aryl methyl sites for hydroxylation is 1. The number of thiazole rings is 1. The van der Waals surface area contributed by atoms with Crippen molar-refractivity contribution in [3.05, 3.63) is 34.0 Å². The lowest BCUT2D eigenvalue weighted by molar-refractivity contribution is 0.387. The van der Waals surface area contributed by atoms with Gasteiger partial charge in [-0.15, -0.1) is 11.3 Å². The van der Waals surface area contributed by atoms with E-state index in [2.05, 4.69) is 10.3 Å². The maximum atomic E-state index is 13.4. The number of nitrogens with one attached hydrogen (secondary N) is 1. The van der Waals surface area contributed by atoms with Crippen LogP contribution in [-0.2, 0) is 6.54 Å². The van der Waals surface area contributed by atoms with E-state index >= 15 is 0 Å². The summed E-state index contributed by atoms with van der Waals surface area (Å²) in [6, 6.07) is 2.79. The quantitative estimate of drug-likeness (QED) is 0.836. The molecule has 18 heavy (non-hydrogen) atoms. The predicted molar refractivity (Wildman–Crippen MR) is 71.5 cm³/mol. The van der Waals surface area contributed by atoms with E-state index in [0.717, 1.165) is 10.7 Å². The first kappa shape index (κ1) is 12.6.